The lowest BCUT2D eigenvalue weighted by Crippen LogP contribution is -2.37. The molecule has 0 bridgehead atoms. The maximum absolute atomic E-state index is 13.1. The number of piperidine rings is 1. The van der Waals surface area contributed by atoms with E-state index in [1.165, 1.54) is 0 Å². The van der Waals surface area contributed by atoms with Crippen LogP contribution in [-0.4, -0.2) is 38.8 Å². The Balaban J connectivity index is 1.25. The van der Waals surface area contributed by atoms with E-state index in [1.54, 1.807) is 29.8 Å². The summed E-state index contributed by atoms with van der Waals surface area (Å²) in [6.07, 6.45) is 5.17. The SMILES string of the molecule is O=C(c1cccc(Nc2ncccn2)c1)N1CCC(c2nc3cc(Cl)ccc3s2)CC1. The van der Waals surface area contributed by atoms with E-state index in [-0.39, 0.29) is 5.91 Å². The van der Waals surface area contributed by atoms with Crippen molar-refractivity contribution in [1.29, 1.82) is 0 Å². The molecule has 1 fully saturated rings. The second-order valence-electron chi connectivity index (χ2n) is 7.51. The topological polar surface area (TPSA) is 71.0 Å². The van der Waals surface area contributed by atoms with Gasteiger partial charge in [0.1, 0.15) is 0 Å². The van der Waals surface area contributed by atoms with Crippen molar-refractivity contribution in [2.45, 2.75) is 18.8 Å². The Morgan fingerprint density at radius 2 is 1.87 bits per heavy atom. The molecule has 8 heteroatoms. The van der Waals surface area contributed by atoms with Crippen LogP contribution in [-0.2, 0) is 0 Å². The van der Waals surface area contributed by atoms with Gasteiger partial charge in [-0.25, -0.2) is 15.0 Å². The van der Waals surface area contributed by atoms with Gasteiger partial charge in [-0.15, -0.1) is 11.3 Å². The van der Waals surface area contributed by atoms with Gasteiger partial charge >= 0.3 is 0 Å². The van der Waals surface area contributed by atoms with Gasteiger partial charge in [-0.2, -0.15) is 0 Å². The number of nitrogens with zero attached hydrogens (tertiary/aromatic N) is 4. The second-order valence-corrected chi connectivity index (χ2v) is 9.01. The fraction of sp³-hybridized carbons (Fsp3) is 0.217. The molecule has 0 atom stereocenters. The maximum Gasteiger partial charge on any atom is 0.253 e. The lowest BCUT2D eigenvalue weighted by Gasteiger charge is -2.31. The Labute approximate surface area is 188 Å². The van der Waals surface area contributed by atoms with Gasteiger partial charge in [0.15, 0.2) is 0 Å². The summed E-state index contributed by atoms with van der Waals surface area (Å²) >= 11 is 7.82. The van der Waals surface area contributed by atoms with Crippen LogP contribution < -0.4 is 5.32 Å². The predicted octanol–water partition coefficient (Wildman–Crippen LogP) is 5.50. The molecular weight excluding hydrogens is 430 g/mol. The minimum Gasteiger partial charge on any atom is -0.339 e. The minimum absolute atomic E-state index is 0.0483. The molecule has 2 aromatic heterocycles. The number of nitrogens with one attached hydrogen (secondary N) is 1. The third-order valence-corrected chi connectivity index (χ3v) is 6.86. The number of aromatic nitrogens is 3. The predicted molar refractivity (Wildman–Crippen MR) is 124 cm³/mol. The van der Waals surface area contributed by atoms with E-state index >= 15 is 0 Å². The molecule has 6 nitrogen and oxygen atoms in total. The molecule has 0 aliphatic carbocycles. The Bertz CT molecular complexity index is 1220. The van der Waals surface area contributed by atoms with Crippen LogP contribution in [0, 0.1) is 0 Å². The van der Waals surface area contributed by atoms with Gasteiger partial charge in [-0.05, 0) is 55.3 Å². The van der Waals surface area contributed by atoms with Gasteiger partial charge in [0.25, 0.3) is 5.91 Å². The van der Waals surface area contributed by atoms with Gasteiger partial charge in [0.2, 0.25) is 5.95 Å². The average Bonchev–Trinajstić information content (AvgIpc) is 3.23. The molecule has 1 saturated heterocycles. The number of carbonyl (C=O) groups is 1. The number of likely N-dealkylation sites (tertiary alicyclic amines) is 1. The maximum atomic E-state index is 13.1. The zero-order valence-electron chi connectivity index (χ0n) is 16.7. The fourth-order valence-electron chi connectivity index (χ4n) is 3.83. The van der Waals surface area contributed by atoms with Gasteiger partial charge in [-0.1, -0.05) is 17.7 Å². The zero-order chi connectivity index (χ0) is 21.2. The standard InChI is InChI=1S/C23H20ClN5OS/c24-17-5-6-20-19(14-17)28-21(31-20)15-7-11-29(12-8-15)22(30)16-3-1-4-18(13-16)27-23-25-9-2-10-26-23/h1-6,9-10,13-15H,7-8,11-12H2,(H,25,26,27). The Kier molecular flexibility index (Phi) is 5.53. The molecule has 31 heavy (non-hydrogen) atoms. The van der Waals surface area contributed by atoms with E-state index in [9.17, 15) is 4.79 Å². The normalized spacial score (nSPS) is 14.7. The number of hydrogen-bond donors (Lipinski definition) is 1. The molecule has 5 rings (SSSR count). The average molecular weight is 450 g/mol. The number of hydrogen-bond acceptors (Lipinski definition) is 6. The van der Waals surface area contributed by atoms with Crippen molar-refractivity contribution in [3.63, 3.8) is 0 Å². The molecule has 0 spiro atoms. The van der Waals surface area contributed by atoms with E-state index in [2.05, 4.69) is 15.3 Å². The minimum atomic E-state index is 0.0483. The quantitative estimate of drug-likeness (QED) is 0.445. The van der Waals surface area contributed by atoms with Crippen LogP contribution in [0.5, 0.6) is 0 Å². The summed E-state index contributed by atoms with van der Waals surface area (Å²) in [7, 11) is 0. The number of fused-ring (bicyclic) bond motifs is 1. The molecule has 1 aliphatic heterocycles. The van der Waals surface area contributed by atoms with Crippen molar-refractivity contribution in [1.82, 2.24) is 19.9 Å². The highest BCUT2D eigenvalue weighted by Gasteiger charge is 2.26. The molecule has 0 radical (unpaired) electrons. The van der Waals surface area contributed by atoms with E-state index in [1.807, 2.05) is 47.4 Å². The Hall–Kier alpha value is -3.03. The number of benzene rings is 2. The summed E-state index contributed by atoms with van der Waals surface area (Å²) in [4.78, 5) is 28.1. The molecule has 0 saturated carbocycles. The first-order valence-corrected chi connectivity index (χ1v) is 11.3. The van der Waals surface area contributed by atoms with Crippen LogP contribution in [0.15, 0.2) is 60.9 Å². The molecule has 1 aliphatic rings. The second kappa shape index (κ2) is 8.61. The zero-order valence-corrected chi connectivity index (χ0v) is 18.2. The van der Waals surface area contributed by atoms with Crippen LogP contribution in [0.3, 0.4) is 0 Å². The van der Waals surface area contributed by atoms with E-state index in [0.717, 1.165) is 46.8 Å². The largest absolute Gasteiger partial charge is 0.339 e. The number of carbonyl (C=O) groups excluding carboxylic acids is 1. The lowest BCUT2D eigenvalue weighted by atomic mass is 9.97. The monoisotopic (exact) mass is 449 g/mol. The van der Waals surface area contributed by atoms with E-state index in [0.29, 0.717) is 22.5 Å². The molecule has 3 heterocycles. The third-order valence-electron chi connectivity index (χ3n) is 5.43. The number of rotatable bonds is 4. The van der Waals surface area contributed by atoms with Gasteiger partial charge < -0.3 is 10.2 Å². The van der Waals surface area contributed by atoms with E-state index < -0.39 is 0 Å². The first kappa shape index (κ1) is 19.9. The number of anilines is 2. The third kappa shape index (κ3) is 4.38. The summed E-state index contributed by atoms with van der Waals surface area (Å²) in [5.74, 6) is 0.931. The van der Waals surface area contributed by atoms with Crippen LogP contribution in [0.2, 0.25) is 5.02 Å². The first-order valence-electron chi connectivity index (χ1n) is 10.1. The van der Waals surface area contributed by atoms with Crippen molar-refractivity contribution in [3.05, 3.63) is 76.5 Å². The molecule has 2 aromatic carbocycles. The van der Waals surface area contributed by atoms with Crippen LogP contribution >= 0.6 is 22.9 Å². The lowest BCUT2D eigenvalue weighted by molar-refractivity contribution is 0.0713. The molecule has 156 valence electrons. The molecular formula is C23H20ClN5OS. The summed E-state index contributed by atoms with van der Waals surface area (Å²) in [6, 6.07) is 15.1. The molecule has 4 aromatic rings. The van der Waals surface area contributed by atoms with Gasteiger partial charge in [0, 0.05) is 47.7 Å². The van der Waals surface area contributed by atoms with Crippen LogP contribution in [0.1, 0.15) is 34.1 Å². The highest BCUT2D eigenvalue weighted by atomic mass is 35.5. The van der Waals surface area contributed by atoms with Crippen molar-refractivity contribution in [2.24, 2.45) is 0 Å². The van der Waals surface area contributed by atoms with Crippen LogP contribution in [0.4, 0.5) is 11.6 Å². The first-order chi connectivity index (χ1) is 15.2. The molecule has 0 unspecified atom stereocenters. The van der Waals surface area contributed by atoms with E-state index in [4.69, 9.17) is 16.6 Å². The summed E-state index contributed by atoms with van der Waals surface area (Å²) in [5.41, 5.74) is 2.41. The summed E-state index contributed by atoms with van der Waals surface area (Å²) < 4.78 is 1.16. The smallest absolute Gasteiger partial charge is 0.253 e. The van der Waals surface area contributed by atoms with Crippen molar-refractivity contribution < 1.29 is 4.79 Å². The molecule has 1 N–H and O–H groups in total. The highest BCUT2D eigenvalue weighted by Crippen LogP contribution is 2.35. The van der Waals surface area contributed by atoms with Crippen molar-refractivity contribution in [2.75, 3.05) is 18.4 Å². The van der Waals surface area contributed by atoms with Gasteiger partial charge in [-0.3, -0.25) is 4.79 Å². The number of amides is 1. The van der Waals surface area contributed by atoms with Crippen molar-refractivity contribution >= 4 is 50.7 Å². The number of halogens is 1. The Morgan fingerprint density at radius 3 is 2.68 bits per heavy atom. The summed E-state index contributed by atoms with van der Waals surface area (Å²) in [5, 5.41) is 4.98. The van der Waals surface area contributed by atoms with Crippen molar-refractivity contribution in [3.8, 4) is 0 Å². The van der Waals surface area contributed by atoms with Crippen LogP contribution in [0.25, 0.3) is 10.2 Å². The van der Waals surface area contributed by atoms with Gasteiger partial charge in [0.05, 0.1) is 15.2 Å². The Morgan fingerprint density at radius 1 is 1.06 bits per heavy atom. The highest BCUT2D eigenvalue weighted by molar-refractivity contribution is 7.18. The number of thiazole rings is 1. The summed E-state index contributed by atoms with van der Waals surface area (Å²) in [6.45, 7) is 1.44. The molecule has 1 amide bonds. The fourth-order valence-corrected chi connectivity index (χ4v) is 5.11.